The van der Waals surface area contributed by atoms with Crippen LogP contribution < -0.4 is 21.7 Å². The average molecular weight is 894 g/mol. The number of imidazole rings is 1. The van der Waals surface area contributed by atoms with Crippen molar-refractivity contribution >= 4 is 49.0 Å². The molecule has 10 atom stereocenters. The Morgan fingerprint density at radius 1 is 0.967 bits per heavy atom. The number of hydrogen-bond acceptors (Lipinski definition) is 19. The van der Waals surface area contributed by atoms with Gasteiger partial charge in [0.2, 0.25) is 0 Å². The number of ether oxygens (including phenoxy) is 4. The number of alkyl halides is 1. The van der Waals surface area contributed by atoms with Crippen molar-refractivity contribution in [1.29, 1.82) is 0 Å². The number of rotatable bonds is 8. The monoisotopic (exact) mass is 893 g/mol. The molecule has 3 fully saturated rings. The van der Waals surface area contributed by atoms with Crippen molar-refractivity contribution in [2.45, 2.75) is 54.9 Å². The number of fused-ring (bicyclic) bond motifs is 4. The SMILES string of the molecule is CO[C@@H]1[C@@H]2O[P@](=O)(SCc3ccc(OC(=O)c4ccc(O)cc4)cc3)OC[C@H]3O[C@@H](n4cnc5c(N)ncnc54)[C@H](OP(=O)(O)OC[C@H]2O[C@H]1n1ccc(=O)[nH]c1=O)[C@@H]3F. The first-order valence-electron chi connectivity index (χ1n) is 17.8. The number of benzene rings is 2. The van der Waals surface area contributed by atoms with Crippen LogP contribution >= 0.6 is 26.0 Å². The van der Waals surface area contributed by atoms with Crippen molar-refractivity contribution in [3.8, 4) is 11.5 Å². The fraction of sp³-hybridized carbons (Fsp3) is 0.353. The second-order valence-electron chi connectivity index (χ2n) is 13.4. The molecule has 0 amide bonds. The van der Waals surface area contributed by atoms with E-state index in [1.165, 1.54) is 54.4 Å². The van der Waals surface area contributed by atoms with Crippen molar-refractivity contribution in [3.63, 3.8) is 0 Å². The molecule has 8 rings (SSSR count). The van der Waals surface area contributed by atoms with Crippen LogP contribution in [0.2, 0.25) is 0 Å². The molecule has 6 heterocycles. The summed E-state index contributed by atoms with van der Waals surface area (Å²) in [5.41, 5.74) is 5.27. The molecule has 22 nitrogen and oxygen atoms in total. The minimum atomic E-state index is -5.21. The number of nitrogens with two attached hydrogens (primary N) is 1. The predicted molar refractivity (Wildman–Crippen MR) is 204 cm³/mol. The van der Waals surface area contributed by atoms with Gasteiger partial charge in [0.1, 0.15) is 53.9 Å². The number of hydrogen-bond donors (Lipinski definition) is 4. The Hall–Kier alpha value is -4.84. The Kier molecular flexibility index (Phi) is 11.8. The van der Waals surface area contributed by atoms with E-state index in [2.05, 4.69) is 19.9 Å². The van der Waals surface area contributed by atoms with Gasteiger partial charge in [-0.25, -0.2) is 38.1 Å². The zero-order chi connectivity index (χ0) is 42.3. The van der Waals surface area contributed by atoms with Crippen LogP contribution in [0.4, 0.5) is 10.2 Å². The van der Waals surface area contributed by atoms with Crippen LogP contribution in [-0.2, 0) is 47.2 Å². The van der Waals surface area contributed by atoms with Crippen molar-refractivity contribution in [2.75, 3.05) is 26.1 Å². The molecule has 26 heteroatoms. The van der Waals surface area contributed by atoms with Gasteiger partial charge in [-0.3, -0.25) is 37.0 Å². The molecule has 1 unspecified atom stereocenters. The third-order valence-electron chi connectivity index (χ3n) is 9.54. The Bertz CT molecular complexity index is 2600. The summed E-state index contributed by atoms with van der Waals surface area (Å²) in [6, 6.07) is 12.7. The molecular formula is C34H34FN7O15P2S. The largest absolute Gasteiger partial charge is 0.508 e. The van der Waals surface area contributed by atoms with Crippen LogP contribution in [0.5, 0.6) is 11.5 Å². The average Bonchev–Trinajstić information content (AvgIpc) is 3.89. The number of halogens is 1. The van der Waals surface area contributed by atoms with Gasteiger partial charge in [0, 0.05) is 25.1 Å². The highest BCUT2D eigenvalue weighted by molar-refractivity contribution is 8.54. The van der Waals surface area contributed by atoms with Crippen molar-refractivity contribution in [2.24, 2.45) is 0 Å². The zero-order valence-corrected chi connectivity index (χ0v) is 33.5. The maximum atomic E-state index is 16.4. The molecule has 5 N–H and O–H groups in total. The van der Waals surface area contributed by atoms with Gasteiger partial charge in [-0.2, -0.15) is 0 Å². The minimum Gasteiger partial charge on any atom is -0.508 e. The number of phenols is 1. The first kappa shape index (κ1) is 41.9. The molecule has 5 aromatic rings. The second-order valence-corrected chi connectivity index (χ2v) is 18.8. The number of carbonyl (C=O) groups is 1. The Morgan fingerprint density at radius 2 is 1.70 bits per heavy atom. The number of phosphoric acid groups is 1. The summed E-state index contributed by atoms with van der Waals surface area (Å²) in [5, 5.41) is 9.51. The summed E-state index contributed by atoms with van der Waals surface area (Å²) in [4.78, 5) is 62.6. The lowest BCUT2D eigenvalue weighted by molar-refractivity contribution is -0.0677. The van der Waals surface area contributed by atoms with E-state index in [-0.39, 0.29) is 39.8 Å². The summed E-state index contributed by atoms with van der Waals surface area (Å²) in [5.74, 6) is -0.587. The molecule has 3 aliphatic heterocycles. The first-order chi connectivity index (χ1) is 28.7. The lowest BCUT2D eigenvalue weighted by Gasteiger charge is -2.28. The number of phosphoric ester groups is 1. The molecular weight excluding hydrogens is 859 g/mol. The van der Waals surface area contributed by atoms with E-state index in [0.29, 0.717) is 16.9 Å². The van der Waals surface area contributed by atoms with Gasteiger partial charge in [-0.1, -0.05) is 12.1 Å². The van der Waals surface area contributed by atoms with Gasteiger partial charge >= 0.3 is 26.3 Å². The third-order valence-corrected chi connectivity index (χ3v) is 14.2. The molecule has 0 spiro atoms. The maximum Gasteiger partial charge on any atom is 0.472 e. The van der Waals surface area contributed by atoms with Crippen molar-refractivity contribution in [1.82, 2.24) is 29.1 Å². The van der Waals surface area contributed by atoms with E-state index in [0.717, 1.165) is 23.2 Å². The number of anilines is 1. The highest BCUT2D eigenvalue weighted by Gasteiger charge is 2.55. The Labute approximate surface area is 340 Å². The van der Waals surface area contributed by atoms with Crippen molar-refractivity contribution < 1.29 is 65.4 Å². The maximum absolute atomic E-state index is 16.4. The van der Waals surface area contributed by atoms with Crippen molar-refractivity contribution in [3.05, 3.63) is 105 Å². The number of aromatic nitrogens is 6. The number of phenolic OH excluding ortho intramolecular Hbond substituents is 1. The topological polar surface area (TPSA) is 290 Å². The third kappa shape index (κ3) is 8.67. The lowest BCUT2D eigenvalue weighted by atomic mass is 10.1. The second kappa shape index (κ2) is 16.9. The summed E-state index contributed by atoms with van der Waals surface area (Å²) in [6.07, 6.45) is -9.28. The summed E-state index contributed by atoms with van der Waals surface area (Å²) in [7, 11) is -3.97. The number of methoxy groups -OCH3 is 1. The number of aromatic hydroxyl groups is 1. The predicted octanol–water partition coefficient (Wildman–Crippen LogP) is 2.99. The fourth-order valence-corrected chi connectivity index (χ4v) is 10.9. The molecule has 0 radical (unpaired) electrons. The van der Waals surface area contributed by atoms with E-state index >= 15 is 4.39 Å². The quantitative estimate of drug-likeness (QED) is 0.0989. The van der Waals surface area contributed by atoms with Crippen LogP contribution in [-0.4, -0.2) is 102 Å². The molecule has 0 saturated carbocycles. The standard InChI is InChI=1S/C34H34FN7O15P2S/c1-50-28-26-22(55-32(28)41-11-10-23(44)40-34(41)46)13-51-58(47,48)56-27-24(35)21(54-31(27)42-16-39-25-29(36)37-15-38-30(25)42)12-52-59(49,57-26)60-14-17-2-8-20(9-3-17)53-33(45)18-4-6-19(43)7-5-18/h2-11,15-16,21-22,24,26-28,31-32,43H,12-14H2,1H3,(H,47,48)(H2,36,37,38)(H,40,44,46)/t21-,22-,24-,26-,27-,28-,31-,32-,59-/m1/s1. The number of esters is 1. The summed E-state index contributed by atoms with van der Waals surface area (Å²) in [6.45, 7) is -6.10. The van der Waals surface area contributed by atoms with Crippen LogP contribution in [0.1, 0.15) is 28.4 Å². The van der Waals surface area contributed by atoms with E-state index in [1.54, 1.807) is 12.1 Å². The summed E-state index contributed by atoms with van der Waals surface area (Å²) < 4.78 is 93.0. The number of nitrogen functional groups attached to an aromatic ring is 1. The Morgan fingerprint density at radius 3 is 2.43 bits per heavy atom. The number of nitrogens with zero attached hydrogens (tertiary/aromatic N) is 5. The summed E-state index contributed by atoms with van der Waals surface area (Å²) >= 11 is 0.672. The van der Waals surface area contributed by atoms with Gasteiger partial charge in [0.25, 0.3) is 5.56 Å². The van der Waals surface area contributed by atoms with Gasteiger partial charge in [0.05, 0.1) is 25.1 Å². The number of aromatic amines is 1. The van der Waals surface area contributed by atoms with E-state index in [9.17, 15) is 33.5 Å². The molecule has 3 aliphatic rings. The molecule has 0 aliphatic carbocycles. The van der Waals surface area contributed by atoms with Gasteiger partial charge in [-0.15, -0.1) is 0 Å². The van der Waals surface area contributed by atoms with E-state index < -0.39 is 94.2 Å². The zero-order valence-electron chi connectivity index (χ0n) is 30.9. The molecule has 3 saturated heterocycles. The number of carbonyl (C=O) groups excluding carboxylic acids is 1. The molecule has 60 heavy (non-hydrogen) atoms. The highest BCUT2D eigenvalue weighted by Crippen LogP contribution is 2.64. The molecule has 318 valence electrons. The van der Waals surface area contributed by atoms with Gasteiger partial charge in [0.15, 0.2) is 30.1 Å². The van der Waals surface area contributed by atoms with E-state index in [4.69, 9.17) is 42.8 Å². The van der Waals surface area contributed by atoms with Gasteiger partial charge < -0.3 is 34.7 Å². The molecule has 3 aromatic heterocycles. The van der Waals surface area contributed by atoms with Crippen LogP contribution in [0.25, 0.3) is 11.2 Å². The number of H-pyrrole nitrogens is 1. The smallest absolute Gasteiger partial charge is 0.472 e. The first-order valence-corrected chi connectivity index (χ1v) is 22.4. The molecule has 2 aromatic carbocycles. The number of nitrogens with one attached hydrogen (secondary N) is 1. The Balaban J connectivity index is 1.09. The van der Waals surface area contributed by atoms with Gasteiger partial charge in [-0.05, 0) is 53.3 Å². The fourth-order valence-electron chi connectivity index (χ4n) is 6.63. The van der Waals surface area contributed by atoms with Crippen LogP contribution in [0, 0.1) is 0 Å². The van der Waals surface area contributed by atoms with Crippen LogP contribution in [0.3, 0.4) is 0 Å². The lowest BCUT2D eigenvalue weighted by Crippen LogP contribution is -2.40. The minimum absolute atomic E-state index is 0.00745. The normalized spacial score (nSPS) is 30.9. The van der Waals surface area contributed by atoms with Crippen LogP contribution in [0.15, 0.2) is 83.0 Å². The highest BCUT2D eigenvalue weighted by atomic mass is 32.7. The molecule has 2 bridgehead atoms. The van der Waals surface area contributed by atoms with E-state index in [1.807, 2.05) is 0 Å².